The van der Waals surface area contributed by atoms with Gasteiger partial charge in [0.05, 0.1) is 12.5 Å². The summed E-state index contributed by atoms with van der Waals surface area (Å²) in [7, 11) is 1.75. The van der Waals surface area contributed by atoms with E-state index in [-0.39, 0.29) is 48.7 Å². The van der Waals surface area contributed by atoms with Crippen LogP contribution in [0.15, 0.2) is 66.7 Å². The summed E-state index contributed by atoms with van der Waals surface area (Å²) >= 11 is 0. The molecular weight excluding hydrogens is 616 g/mol. The van der Waals surface area contributed by atoms with Crippen LogP contribution in [0, 0.1) is 0 Å². The average Bonchev–Trinajstić information content (AvgIpc) is 3.50. The Morgan fingerprint density at radius 2 is 1.63 bits per heavy atom. The molecule has 9 heteroatoms. The first-order valence-corrected chi connectivity index (χ1v) is 18.2. The van der Waals surface area contributed by atoms with Crippen molar-refractivity contribution in [2.24, 2.45) is 0 Å². The minimum absolute atomic E-state index is 0.103. The van der Waals surface area contributed by atoms with Gasteiger partial charge in [-0.25, -0.2) is 0 Å². The second kappa shape index (κ2) is 17.8. The topological polar surface area (TPSA) is 108 Å². The zero-order chi connectivity index (χ0) is 34.6. The molecule has 2 aliphatic rings. The molecule has 2 aliphatic heterocycles. The molecule has 1 saturated heterocycles. The molecule has 2 heterocycles. The van der Waals surface area contributed by atoms with Gasteiger partial charge in [0.15, 0.2) is 0 Å². The number of carbonyl (C=O) groups is 4. The summed E-state index contributed by atoms with van der Waals surface area (Å²) < 4.78 is 6.18. The van der Waals surface area contributed by atoms with E-state index in [9.17, 15) is 19.2 Å². The van der Waals surface area contributed by atoms with E-state index in [1.807, 2.05) is 42.5 Å². The molecule has 0 radical (unpaired) electrons. The molecule has 0 aliphatic carbocycles. The van der Waals surface area contributed by atoms with Crippen molar-refractivity contribution >= 4 is 34.4 Å². The van der Waals surface area contributed by atoms with Crippen molar-refractivity contribution in [1.82, 2.24) is 20.4 Å². The molecule has 3 atom stereocenters. The summed E-state index contributed by atoms with van der Waals surface area (Å²) in [6.07, 6.45) is 9.86. The Bertz CT molecular complexity index is 1590. The van der Waals surface area contributed by atoms with Crippen LogP contribution in [0.5, 0.6) is 5.75 Å². The second-order valence-corrected chi connectivity index (χ2v) is 13.7. The number of nitrogens with one attached hydrogen (secondary N) is 2. The fourth-order valence-electron chi connectivity index (χ4n) is 6.99. The van der Waals surface area contributed by atoms with Crippen LogP contribution in [-0.2, 0) is 20.8 Å². The number of benzene rings is 3. The van der Waals surface area contributed by atoms with Crippen molar-refractivity contribution < 1.29 is 23.9 Å². The minimum atomic E-state index is -0.726. The van der Waals surface area contributed by atoms with Crippen LogP contribution < -0.4 is 15.4 Å². The number of carbonyl (C=O) groups excluding carboxylic acids is 4. The van der Waals surface area contributed by atoms with Gasteiger partial charge in [0.25, 0.3) is 5.91 Å². The quantitative estimate of drug-likeness (QED) is 0.229. The summed E-state index contributed by atoms with van der Waals surface area (Å²) in [6.45, 7) is 3.18. The lowest BCUT2D eigenvalue weighted by atomic mass is 10.0. The molecule has 49 heavy (non-hydrogen) atoms. The third kappa shape index (κ3) is 10.3. The van der Waals surface area contributed by atoms with Crippen molar-refractivity contribution in [2.45, 2.75) is 102 Å². The van der Waals surface area contributed by atoms with Crippen LogP contribution in [0.25, 0.3) is 10.8 Å². The van der Waals surface area contributed by atoms with E-state index in [0.29, 0.717) is 50.1 Å². The number of nitrogens with zero attached hydrogens (tertiary/aromatic N) is 2. The molecule has 0 saturated carbocycles. The van der Waals surface area contributed by atoms with Crippen LogP contribution in [0.2, 0.25) is 0 Å². The standard InChI is InChI=1S/C40H52N4O5/c1-3-4-5-6-7-8-9-19-37(45)42-36-18-13-22-43(2)39(47)32-16-12-17-35(25-32)49-28-34-26-33(27-44(34)40(36)48)41-38(46)24-29-20-21-30-14-10-11-15-31(30)23-29/h10-12,14-17,20-21,23,25,33-34,36H,3-9,13,18-19,22,24,26-28H2,1-2H3,(H,41,46)(H,42,45)/t33-,34-,36-/m0/s1. The first kappa shape index (κ1) is 35.9. The Morgan fingerprint density at radius 3 is 2.45 bits per heavy atom. The number of amides is 4. The predicted molar refractivity (Wildman–Crippen MR) is 192 cm³/mol. The Morgan fingerprint density at radius 1 is 0.857 bits per heavy atom. The van der Waals surface area contributed by atoms with Crippen molar-refractivity contribution in [2.75, 3.05) is 26.7 Å². The highest BCUT2D eigenvalue weighted by Gasteiger charge is 2.39. The molecular formula is C40H52N4O5. The lowest BCUT2D eigenvalue weighted by Gasteiger charge is -2.30. The fourth-order valence-corrected chi connectivity index (χ4v) is 6.99. The van der Waals surface area contributed by atoms with Crippen molar-refractivity contribution in [1.29, 1.82) is 0 Å². The van der Waals surface area contributed by atoms with E-state index in [1.54, 1.807) is 41.1 Å². The smallest absolute Gasteiger partial charge is 0.253 e. The third-order valence-corrected chi connectivity index (χ3v) is 9.74. The number of rotatable bonds is 12. The number of ether oxygens (including phenoxy) is 1. The molecule has 1 fully saturated rings. The molecule has 0 unspecified atom stereocenters. The maximum absolute atomic E-state index is 14.2. The van der Waals surface area contributed by atoms with Crippen LogP contribution in [-0.4, -0.2) is 78.3 Å². The van der Waals surface area contributed by atoms with E-state index in [4.69, 9.17) is 4.74 Å². The normalized spacial score (nSPS) is 20.0. The zero-order valence-corrected chi connectivity index (χ0v) is 29.1. The Kier molecular flexibility index (Phi) is 13.1. The Labute approximate surface area is 290 Å². The third-order valence-electron chi connectivity index (χ3n) is 9.74. The molecule has 5 rings (SSSR count). The predicted octanol–water partition coefficient (Wildman–Crippen LogP) is 6.04. The van der Waals surface area contributed by atoms with Gasteiger partial charge in [-0.3, -0.25) is 19.2 Å². The zero-order valence-electron chi connectivity index (χ0n) is 29.1. The maximum atomic E-state index is 14.2. The lowest BCUT2D eigenvalue weighted by molar-refractivity contribution is -0.138. The highest BCUT2D eigenvalue weighted by Crippen LogP contribution is 2.24. The van der Waals surface area contributed by atoms with Crippen molar-refractivity contribution in [3.05, 3.63) is 77.9 Å². The van der Waals surface area contributed by atoms with E-state index in [0.717, 1.165) is 35.6 Å². The minimum Gasteiger partial charge on any atom is -0.491 e. The summed E-state index contributed by atoms with van der Waals surface area (Å²) in [6, 6.07) is 19.9. The van der Waals surface area contributed by atoms with E-state index < -0.39 is 6.04 Å². The van der Waals surface area contributed by atoms with Gasteiger partial charge < -0.3 is 25.2 Å². The van der Waals surface area contributed by atoms with Gasteiger partial charge in [-0.05, 0) is 60.2 Å². The summed E-state index contributed by atoms with van der Waals surface area (Å²) in [5.74, 6) is 0.0262. The molecule has 0 aromatic heterocycles. The largest absolute Gasteiger partial charge is 0.491 e. The molecule has 4 amide bonds. The number of fused-ring (bicyclic) bond motifs is 4. The summed E-state index contributed by atoms with van der Waals surface area (Å²) in [5.41, 5.74) is 1.46. The fraction of sp³-hybridized carbons (Fsp3) is 0.500. The van der Waals surface area contributed by atoms with Crippen molar-refractivity contribution in [3.63, 3.8) is 0 Å². The molecule has 2 bridgehead atoms. The van der Waals surface area contributed by atoms with Gasteiger partial charge >= 0.3 is 0 Å². The molecule has 2 N–H and O–H groups in total. The lowest BCUT2D eigenvalue weighted by Crippen LogP contribution is -2.52. The van der Waals surface area contributed by atoms with Gasteiger partial charge in [0, 0.05) is 38.2 Å². The van der Waals surface area contributed by atoms with Crippen LogP contribution in [0.1, 0.15) is 93.5 Å². The second-order valence-electron chi connectivity index (χ2n) is 13.7. The molecule has 3 aromatic rings. The number of hydrogen-bond donors (Lipinski definition) is 2. The molecule has 3 aromatic carbocycles. The van der Waals surface area contributed by atoms with E-state index >= 15 is 0 Å². The van der Waals surface area contributed by atoms with E-state index in [1.165, 1.54) is 25.7 Å². The SMILES string of the molecule is CCCCCCCCCC(=O)N[C@H]1CCCN(C)C(=O)c2cccc(c2)OC[C@@H]2C[C@H](NC(=O)Cc3ccc4ccccc4c3)CN2C1=O. The van der Waals surface area contributed by atoms with E-state index in [2.05, 4.69) is 17.6 Å². The molecule has 9 nitrogen and oxygen atoms in total. The first-order chi connectivity index (χ1) is 23.8. The highest BCUT2D eigenvalue weighted by atomic mass is 16.5. The molecule has 262 valence electrons. The monoisotopic (exact) mass is 668 g/mol. The maximum Gasteiger partial charge on any atom is 0.253 e. The highest BCUT2D eigenvalue weighted by molar-refractivity contribution is 5.94. The van der Waals surface area contributed by atoms with Crippen molar-refractivity contribution in [3.8, 4) is 5.75 Å². The van der Waals surface area contributed by atoms with Crippen LogP contribution in [0.4, 0.5) is 0 Å². The average molecular weight is 669 g/mol. The van der Waals surface area contributed by atoms with Crippen LogP contribution >= 0.6 is 0 Å². The molecule has 0 spiro atoms. The first-order valence-electron chi connectivity index (χ1n) is 18.2. The Hall–Kier alpha value is -4.40. The van der Waals surface area contributed by atoms with Gasteiger partial charge in [-0.15, -0.1) is 0 Å². The summed E-state index contributed by atoms with van der Waals surface area (Å²) in [4.78, 5) is 57.2. The summed E-state index contributed by atoms with van der Waals surface area (Å²) in [5, 5.41) is 8.43. The van der Waals surface area contributed by atoms with Gasteiger partial charge in [-0.1, -0.05) is 94.0 Å². The number of hydrogen-bond acceptors (Lipinski definition) is 5. The Balaban J connectivity index is 1.27. The van der Waals surface area contributed by atoms with Crippen LogP contribution in [0.3, 0.4) is 0 Å². The number of unbranched alkanes of at least 4 members (excludes halogenated alkanes) is 6. The van der Waals surface area contributed by atoms with Gasteiger partial charge in [0.2, 0.25) is 17.7 Å². The van der Waals surface area contributed by atoms with Gasteiger partial charge in [-0.2, -0.15) is 0 Å². The van der Waals surface area contributed by atoms with Gasteiger partial charge in [0.1, 0.15) is 18.4 Å².